The summed E-state index contributed by atoms with van der Waals surface area (Å²) >= 11 is 0. The highest BCUT2D eigenvalue weighted by atomic mass is 19.4. The molecule has 4 rings (SSSR count). The van der Waals surface area contributed by atoms with Crippen molar-refractivity contribution in [2.24, 2.45) is 0 Å². The molecule has 7 heteroatoms. The molecule has 1 unspecified atom stereocenters. The minimum Gasteiger partial charge on any atom is -0.369 e. The van der Waals surface area contributed by atoms with Crippen LogP contribution in [0, 0.1) is 0 Å². The van der Waals surface area contributed by atoms with Crippen molar-refractivity contribution in [3.8, 4) is 5.69 Å². The predicted octanol–water partition coefficient (Wildman–Crippen LogP) is 3.67. The number of nitrogens with one attached hydrogen (secondary N) is 1. The molecular weight excluding hydrogens is 329 g/mol. The average Bonchev–Trinajstić information content (AvgIpc) is 3.16. The van der Waals surface area contributed by atoms with E-state index in [0.717, 1.165) is 62.0 Å². The molecule has 1 aromatic carbocycles. The van der Waals surface area contributed by atoms with Crippen LogP contribution in [0.5, 0.6) is 0 Å². The fourth-order valence-electron chi connectivity index (χ4n) is 3.92. The summed E-state index contributed by atoms with van der Waals surface area (Å²) in [5.74, 6) is 1.20. The number of aromatic nitrogens is 2. The topological polar surface area (TPSA) is 33.1 Å². The van der Waals surface area contributed by atoms with Gasteiger partial charge in [-0.15, -0.1) is 0 Å². The van der Waals surface area contributed by atoms with Gasteiger partial charge in [0.05, 0.1) is 16.9 Å². The quantitative estimate of drug-likeness (QED) is 0.897. The number of halogens is 3. The number of alkyl halides is 3. The van der Waals surface area contributed by atoms with Gasteiger partial charge in [-0.1, -0.05) is 6.07 Å². The van der Waals surface area contributed by atoms with Crippen LogP contribution >= 0.6 is 0 Å². The zero-order valence-corrected chi connectivity index (χ0v) is 14.1. The van der Waals surface area contributed by atoms with Gasteiger partial charge in [0.25, 0.3) is 0 Å². The third kappa shape index (κ3) is 3.01. The lowest BCUT2D eigenvalue weighted by Crippen LogP contribution is -2.31. The second kappa shape index (κ2) is 6.05. The number of rotatable bonds is 2. The van der Waals surface area contributed by atoms with Gasteiger partial charge in [0, 0.05) is 24.6 Å². The number of anilines is 1. The molecule has 0 bridgehead atoms. The molecule has 0 saturated carbocycles. The summed E-state index contributed by atoms with van der Waals surface area (Å²) in [6.07, 6.45) is -1.27. The van der Waals surface area contributed by atoms with Crippen LogP contribution in [0.3, 0.4) is 0 Å². The monoisotopic (exact) mass is 350 g/mol. The van der Waals surface area contributed by atoms with Gasteiger partial charge in [-0.2, -0.15) is 18.3 Å². The Labute approximate surface area is 144 Å². The molecule has 2 aromatic rings. The molecule has 134 valence electrons. The summed E-state index contributed by atoms with van der Waals surface area (Å²) < 4.78 is 40.8. The maximum Gasteiger partial charge on any atom is 0.416 e. The summed E-state index contributed by atoms with van der Waals surface area (Å²) in [5.41, 5.74) is 2.02. The van der Waals surface area contributed by atoms with Gasteiger partial charge in [0.2, 0.25) is 0 Å². The highest BCUT2D eigenvalue weighted by Gasteiger charge is 2.32. The van der Waals surface area contributed by atoms with Gasteiger partial charge in [-0.05, 0) is 51.1 Å². The molecule has 25 heavy (non-hydrogen) atoms. The summed E-state index contributed by atoms with van der Waals surface area (Å²) in [7, 11) is 2.11. The number of piperidine rings is 1. The fraction of sp³-hybridized carbons (Fsp3) is 0.500. The Bertz CT molecular complexity index is 781. The molecule has 1 saturated heterocycles. The van der Waals surface area contributed by atoms with E-state index in [4.69, 9.17) is 5.10 Å². The molecule has 1 aromatic heterocycles. The first-order chi connectivity index (χ1) is 11.9. The first kappa shape index (κ1) is 16.4. The third-order valence-electron chi connectivity index (χ3n) is 5.11. The highest BCUT2D eigenvalue weighted by Crippen LogP contribution is 2.37. The molecule has 2 aliphatic rings. The summed E-state index contributed by atoms with van der Waals surface area (Å²) in [6.45, 7) is 2.85. The molecule has 1 N–H and O–H groups in total. The van der Waals surface area contributed by atoms with Crippen molar-refractivity contribution in [1.29, 1.82) is 0 Å². The van der Waals surface area contributed by atoms with Crippen LogP contribution in [-0.2, 0) is 12.6 Å². The Balaban J connectivity index is 1.75. The van der Waals surface area contributed by atoms with E-state index in [1.54, 1.807) is 10.7 Å². The van der Waals surface area contributed by atoms with Crippen molar-refractivity contribution in [1.82, 2.24) is 14.7 Å². The Morgan fingerprint density at radius 1 is 1.28 bits per heavy atom. The lowest BCUT2D eigenvalue weighted by atomic mass is 9.92. The molecule has 2 aliphatic heterocycles. The number of likely N-dealkylation sites (tertiary alicyclic amines) is 1. The van der Waals surface area contributed by atoms with Crippen LogP contribution < -0.4 is 5.32 Å². The maximum absolute atomic E-state index is 13.0. The van der Waals surface area contributed by atoms with E-state index in [-0.39, 0.29) is 0 Å². The van der Waals surface area contributed by atoms with Crippen LogP contribution in [0.1, 0.15) is 35.6 Å². The van der Waals surface area contributed by atoms with Crippen molar-refractivity contribution < 1.29 is 13.2 Å². The van der Waals surface area contributed by atoms with Crippen LogP contribution in [-0.4, -0.2) is 41.4 Å². The van der Waals surface area contributed by atoms with Gasteiger partial charge < -0.3 is 10.2 Å². The smallest absolute Gasteiger partial charge is 0.369 e. The van der Waals surface area contributed by atoms with Crippen molar-refractivity contribution in [2.45, 2.75) is 31.4 Å². The lowest BCUT2D eigenvalue weighted by Gasteiger charge is -2.29. The van der Waals surface area contributed by atoms with Gasteiger partial charge in [0.1, 0.15) is 5.82 Å². The van der Waals surface area contributed by atoms with Gasteiger partial charge in [-0.25, -0.2) is 4.68 Å². The van der Waals surface area contributed by atoms with Crippen LogP contribution in [0.25, 0.3) is 5.69 Å². The Hall–Kier alpha value is -2.02. The minimum atomic E-state index is -4.35. The number of hydrogen-bond donors (Lipinski definition) is 1. The molecule has 0 radical (unpaired) electrons. The van der Waals surface area contributed by atoms with E-state index in [1.807, 2.05) is 0 Å². The molecular formula is C18H21F3N4. The van der Waals surface area contributed by atoms with Crippen molar-refractivity contribution in [2.75, 3.05) is 32.0 Å². The SMILES string of the molecule is CN1CCCC(c2nn(-c3cccc(C(F)(F)F)c3)c3c2CCN3)C1. The van der Waals surface area contributed by atoms with Crippen LogP contribution in [0.2, 0.25) is 0 Å². The Kier molecular flexibility index (Phi) is 3.98. The number of fused-ring (bicyclic) bond motifs is 1. The van der Waals surface area contributed by atoms with Gasteiger partial charge in [-0.3, -0.25) is 0 Å². The molecule has 0 aliphatic carbocycles. The van der Waals surface area contributed by atoms with E-state index in [9.17, 15) is 13.2 Å². The zero-order chi connectivity index (χ0) is 17.6. The number of likely N-dealkylation sites (N-methyl/N-ethyl adjacent to an activating group) is 1. The Morgan fingerprint density at radius 2 is 2.12 bits per heavy atom. The van der Waals surface area contributed by atoms with E-state index in [2.05, 4.69) is 17.3 Å². The molecule has 1 fully saturated rings. The van der Waals surface area contributed by atoms with Crippen LogP contribution in [0.15, 0.2) is 24.3 Å². The van der Waals surface area contributed by atoms with E-state index in [0.29, 0.717) is 11.6 Å². The molecule has 0 spiro atoms. The Morgan fingerprint density at radius 3 is 2.88 bits per heavy atom. The summed E-state index contributed by atoms with van der Waals surface area (Å²) in [6, 6.07) is 5.39. The summed E-state index contributed by atoms with van der Waals surface area (Å²) in [4.78, 5) is 2.30. The molecule has 3 heterocycles. The van der Waals surface area contributed by atoms with Crippen molar-refractivity contribution in [3.63, 3.8) is 0 Å². The zero-order valence-electron chi connectivity index (χ0n) is 14.1. The lowest BCUT2D eigenvalue weighted by molar-refractivity contribution is -0.137. The highest BCUT2D eigenvalue weighted by molar-refractivity contribution is 5.58. The minimum absolute atomic E-state index is 0.347. The fourth-order valence-corrected chi connectivity index (χ4v) is 3.92. The molecule has 4 nitrogen and oxygen atoms in total. The standard InChI is InChI=1S/C18H21F3N4/c1-24-9-3-4-12(11-24)16-15-7-8-22-17(15)25(23-16)14-6-2-5-13(10-14)18(19,20)21/h2,5-6,10,12,22H,3-4,7-9,11H2,1H3. The molecule has 0 amide bonds. The summed E-state index contributed by atoms with van der Waals surface area (Å²) in [5, 5.41) is 8.05. The normalized spacial score (nSPS) is 21.2. The van der Waals surface area contributed by atoms with Crippen molar-refractivity contribution >= 4 is 5.82 Å². The predicted molar refractivity (Wildman–Crippen MR) is 90.2 cm³/mol. The maximum atomic E-state index is 13.0. The van der Waals surface area contributed by atoms with Crippen LogP contribution in [0.4, 0.5) is 19.0 Å². The van der Waals surface area contributed by atoms with Gasteiger partial charge in [0.15, 0.2) is 0 Å². The number of nitrogens with zero attached hydrogens (tertiary/aromatic N) is 3. The first-order valence-electron chi connectivity index (χ1n) is 8.65. The van der Waals surface area contributed by atoms with E-state index < -0.39 is 11.7 Å². The second-order valence-corrected chi connectivity index (χ2v) is 6.95. The van der Waals surface area contributed by atoms with E-state index in [1.165, 1.54) is 12.1 Å². The molecule has 1 atom stereocenters. The number of hydrogen-bond acceptors (Lipinski definition) is 3. The second-order valence-electron chi connectivity index (χ2n) is 6.95. The van der Waals surface area contributed by atoms with Crippen molar-refractivity contribution in [3.05, 3.63) is 41.1 Å². The first-order valence-corrected chi connectivity index (χ1v) is 8.65. The van der Waals surface area contributed by atoms with E-state index >= 15 is 0 Å². The number of benzene rings is 1. The van der Waals surface area contributed by atoms with Gasteiger partial charge >= 0.3 is 6.18 Å². The largest absolute Gasteiger partial charge is 0.416 e. The average molecular weight is 350 g/mol. The third-order valence-corrected chi connectivity index (χ3v) is 5.11.